The molecule has 2 aromatic carbocycles. The lowest BCUT2D eigenvalue weighted by Crippen LogP contribution is -2.57. The van der Waals surface area contributed by atoms with Gasteiger partial charge >= 0.3 is 5.97 Å². The number of thioether (sulfide) groups is 1. The fourth-order valence-electron chi connectivity index (χ4n) is 8.48. The third kappa shape index (κ3) is 5.42. The number of ketones is 1. The standard InChI is InChI=1S/C36H39NO7S/c1-4-5-6-7-9-21-10-8-11-23(16-21)45-27-19-36-18-22-17-26(44-35(22,3)20-36)31(36)34(2,32(27)41)15-14-28(39)37-29-25(38)13-12-24(30(29)40)33(42)43/h8,10-13,16,19,22,26,31,38,40H,4-6,14-15,17-18,20H2,1-3H3,(H,37,39)(H,42,43)/t22-,26+,31+,34+,35+,36-/m1/s1. The molecule has 1 amide bonds. The van der Waals surface area contributed by atoms with E-state index in [4.69, 9.17) is 4.74 Å². The molecule has 0 aromatic heterocycles. The molecule has 5 aliphatic rings. The van der Waals surface area contributed by atoms with Gasteiger partial charge in [-0.1, -0.05) is 56.0 Å². The third-order valence-corrected chi connectivity index (χ3v) is 11.4. The molecule has 45 heavy (non-hydrogen) atoms. The van der Waals surface area contributed by atoms with E-state index in [0.717, 1.165) is 61.1 Å². The second-order valence-corrected chi connectivity index (χ2v) is 14.6. The number of nitrogens with one attached hydrogen (secondary N) is 1. The molecule has 7 rings (SSSR count). The number of phenolic OH excluding ortho intramolecular Hbond substituents is 1. The molecule has 2 saturated heterocycles. The van der Waals surface area contributed by atoms with E-state index in [9.17, 15) is 29.7 Å². The van der Waals surface area contributed by atoms with Crippen LogP contribution in [0, 0.1) is 34.5 Å². The quantitative estimate of drug-likeness (QED) is 0.134. The highest BCUT2D eigenvalue weighted by atomic mass is 32.2. The minimum absolute atomic E-state index is 0.0171. The molecule has 2 heterocycles. The molecule has 2 aromatic rings. The first-order valence-electron chi connectivity index (χ1n) is 15.7. The Morgan fingerprint density at radius 3 is 2.71 bits per heavy atom. The lowest BCUT2D eigenvalue weighted by atomic mass is 9.51. The fourth-order valence-corrected chi connectivity index (χ4v) is 9.69. The first kappa shape index (κ1) is 31.3. The molecule has 4 fully saturated rings. The summed E-state index contributed by atoms with van der Waals surface area (Å²) in [6.07, 6.45) is 7.97. The van der Waals surface area contributed by atoms with E-state index < -0.39 is 34.4 Å². The number of aromatic carboxylic acids is 1. The van der Waals surface area contributed by atoms with E-state index in [1.807, 2.05) is 31.2 Å². The second kappa shape index (κ2) is 11.6. The average molecular weight is 630 g/mol. The number of anilines is 1. The van der Waals surface area contributed by atoms with Gasteiger partial charge in [0.1, 0.15) is 17.0 Å². The number of carboxylic acids is 1. The number of unbranched alkanes of at least 4 members (excludes halogenated alkanes) is 2. The Kier molecular flexibility index (Phi) is 8.03. The first-order chi connectivity index (χ1) is 21.4. The van der Waals surface area contributed by atoms with Gasteiger partial charge in [0.05, 0.1) is 16.6 Å². The fraction of sp³-hybridized carbons (Fsp3) is 0.472. The highest BCUT2D eigenvalue weighted by molar-refractivity contribution is 8.04. The van der Waals surface area contributed by atoms with Gasteiger partial charge in [0, 0.05) is 34.6 Å². The van der Waals surface area contributed by atoms with Crippen molar-refractivity contribution in [3.05, 3.63) is 58.5 Å². The molecule has 6 atom stereocenters. The maximum Gasteiger partial charge on any atom is 0.339 e. The number of Topliss-reactive ketones (excluding diaryl/α,β-unsaturated/α-hetero) is 1. The number of benzene rings is 2. The summed E-state index contributed by atoms with van der Waals surface area (Å²) in [7, 11) is 0. The molecule has 1 spiro atoms. The Morgan fingerprint density at radius 2 is 1.98 bits per heavy atom. The van der Waals surface area contributed by atoms with E-state index in [1.54, 1.807) is 0 Å². The number of hydrogen-bond donors (Lipinski definition) is 4. The van der Waals surface area contributed by atoms with Gasteiger partial charge in [-0.2, -0.15) is 0 Å². The molecule has 2 aliphatic heterocycles. The van der Waals surface area contributed by atoms with E-state index in [-0.39, 0.29) is 47.4 Å². The van der Waals surface area contributed by atoms with Crippen molar-refractivity contribution in [2.75, 3.05) is 5.32 Å². The van der Waals surface area contributed by atoms with Crippen LogP contribution in [0.3, 0.4) is 0 Å². The summed E-state index contributed by atoms with van der Waals surface area (Å²) >= 11 is 1.46. The van der Waals surface area contributed by atoms with Gasteiger partial charge in [0.15, 0.2) is 11.5 Å². The van der Waals surface area contributed by atoms with Crippen LogP contribution in [0.15, 0.2) is 52.3 Å². The predicted molar refractivity (Wildman–Crippen MR) is 171 cm³/mol. The predicted octanol–water partition coefficient (Wildman–Crippen LogP) is 6.90. The first-order valence-corrected chi connectivity index (χ1v) is 16.5. The van der Waals surface area contributed by atoms with Crippen LogP contribution in [-0.2, 0) is 14.3 Å². The molecule has 2 saturated carbocycles. The van der Waals surface area contributed by atoms with Gasteiger partial charge in [-0.05, 0) is 80.7 Å². The largest absolute Gasteiger partial charge is 0.506 e. The summed E-state index contributed by atoms with van der Waals surface area (Å²) in [6.45, 7) is 6.29. The van der Waals surface area contributed by atoms with Gasteiger partial charge in [0.2, 0.25) is 5.91 Å². The number of carboxylic acid groups (broad SMARTS) is 1. The van der Waals surface area contributed by atoms with E-state index in [0.29, 0.717) is 10.8 Å². The third-order valence-electron chi connectivity index (χ3n) is 10.4. The summed E-state index contributed by atoms with van der Waals surface area (Å²) in [5, 5.41) is 32.5. The van der Waals surface area contributed by atoms with Crippen molar-refractivity contribution >= 4 is 35.1 Å². The van der Waals surface area contributed by atoms with E-state index in [1.165, 1.54) is 11.8 Å². The summed E-state index contributed by atoms with van der Waals surface area (Å²) in [5.74, 6) is 3.70. The van der Waals surface area contributed by atoms with Crippen LogP contribution in [0.25, 0.3) is 0 Å². The molecule has 0 radical (unpaired) electrons. The molecule has 4 bridgehead atoms. The second-order valence-electron chi connectivity index (χ2n) is 13.5. The highest BCUT2D eigenvalue weighted by Crippen LogP contribution is 2.72. The maximum absolute atomic E-state index is 14.5. The molecule has 236 valence electrons. The van der Waals surface area contributed by atoms with Crippen LogP contribution < -0.4 is 5.32 Å². The maximum atomic E-state index is 14.5. The van der Waals surface area contributed by atoms with E-state index >= 15 is 0 Å². The Hall–Kier alpha value is -3.74. The van der Waals surface area contributed by atoms with E-state index in [2.05, 4.69) is 37.1 Å². The zero-order valence-electron chi connectivity index (χ0n) is 25.8. The topological polar surface area (TPSA) is 133 Å². The zero-order valence-corrected chi connectivity index (χ0v) is 26.6. The minimum atomic E-state index is -1.39. The number of carbonyl (C=O) groups is 3. The van der Waals surface area contributed by atoms with Gasteiger partial charge in [-0.25, -0.2) is 4.79 Å². The van der Waals surface area contributed by atoms with Gasteiger partial charge in [-0.3, -0.25) is 9.59 Å². The molecule has 0 unspecified atom stereocenters. The monoisotopic (exact) mass is 629 g/mol. The molecular weight excluding hydrogens is 590 g/mol. The SMILES string of the molecule is CCCCC#Cc1cccc(SC2=C[C@]34C[C@H]5C[C@H](O[C@@]5(C)C3)[C@H]4[C@](C)(CCC(=O)Nc3c(O)ccc(C(=O)O)c3O)C2=O)c1. The minimum Gasteiger partial charge on any atom is -0.506 e. The van der Waals surface area contributed by atoms with Crippen molar-refractivity contribution in [1.29, 1.82) is 0 Å². The summed E-state index contributed by atoms with van der Waals surface area (Å²) < 4.78 is 6.61. The Labute approximate surface area is 267 Å². The van der Waals surface area contributed by atoms with Crippen LogP contribution in [0.1, 0.15) is 88.1 Å². The number of amides is 1. The van der Waals surface area contributed by atoms with Crippen molar-refractivity contribution in [2.24, 2.45) is 22.7 Å². The van der Waals surface area contributed by atoms with Crippen LogP contribution in [0.2, 0.25) is 0 Å². The molecule has 4 N–H and O–H groups in total. The normalized spacial score (nSPS) is 30.8. The van der Waals surface area contributed by atoms with Crippen molar-refractivity contribution in [2.45, 2.75) is 88.7 Å². The molecular formula is C36H39NO7S. The van der Waals surface area contributed by atoms with Crippen LogP contribution in [0.4, 0.5) is 5.69 Å². The summed E-state index contributed by atoms with van der Waals surface area (Å²) in [4.78, 5) is 40.8. The smallest absolute Gasteiger partial charge is 0.339 e. The number of hydrogen-bond acceptors (Lipinski definition) is 7. The van der Waals surface area contributed by atoms with Crippen LogP contribution in [-0.4, -0.2) is 44.7 Å². The number of phenols is 2. The Balaban J connectivity index is 1.28. The molecule has 9 heteroatoms. The average Bonchev–Trinajstić information content (AvgIpc) is 3.35. The lowest BCUT2D eigenvalue weighted by molar-refractivity contribution is -0.169. The van der Waals surface area contributed by atoms with Crippen LogP contribution in [0.5, 0.6) is 11.5 Å². The van der Waals surface area contributed by atoms with Gasteiger partial charge in [0.25, 0.3) is 0 Å². The highest BCUT2D eigenvalue weighted by Gasteiger charge is 2.72. The number of ether oxygens (including phenoxy) is 1. The van der Waals surface area contributed by atoms with Crippen molar-refractivity contribution in [1.82, 2.24) is 0 Å². The number of carbonyl (C=O) groups excluding carboxylic acids is 2. The van der Waals surface area contributed by atoms with Crippen molar-refractivity contribution in [3.63, 3.8) is 0 Å². The number of aromatic hydroxyl groups is 2. The molecule has 3 aliphatic carbocycles. The van der Waals surface area contributed by atoms with Crippen molar-refractivity contribution in [3.8, 4) is 23.3 Å². The Bertz CT molecular complexity index is 1670. The lowest BCUT2D eigenvalue weighted by Gasteiger charge is -2.56. The zero-order chi connectivity index (χ0) is 32.1. The van der Waals surface area contributed by atoms with Crippen molar-refractivity contribution < 1.29 is 34.4 Å². The summed E-state index contributed by atoms with van der Waals surface area (Å²) in [5.41, 5.74) is -1.23. The molecule has 8 nitrogen and oxygen atoms in total. The Morgan fingerprint density at radius 1 is 1.18 bits per heavy atom. The van der Waals surface area contributed by atoms with Gasteiger partial charge < -0.3 is 25.4 Å². The number of rotatable bonds is 9. The van der Waals surface area contributed by atoms with Crippen LogP contribution >= 0.6 is 11.8 Å². The number of allylic oxidation sites excluding steroid dienone is 2. The van der Waals surface area contributed by atoms with Gasteiger partial charge in [-0.15, -0.1) is 0 Å². The summed E-state index contributed by atoms with van der Waals surface area (Å²) in [6, 6.07) is 10.1.